The van der Waals surface area contributed by atoms with E-state index in [-0.39, 0.29) is 6.54 Å². The Bertz CT molecular complexity index is 761. The van der Waals surface area contributed by atoms with Gasteiger partial charge < -0.3 is 10.5 Å². The molecule has 0 bridgehead atoms. The smallest absolute Gasteiger partial charge is 0.243 e. The van der Waals surface area contributed by atoms with Crippen molar-refractivity contribution in [1.29, 1.82) is 0 Å². The molecule has 0 aliphatic carbocycles. The molecule has 0 amide bonds. The highest BCUT2D eigenvalue weighted by atomic mass is 32.2. The molecule has 0 unspecified atom stereocenters. The zero-order chi connectivity index (χ0) is 17.6. The van der Waals surface area contributed by atoms with Crippen molar-refractivity contribution in [3.63, 3.8) is 0 Å². The molecule has 0 spiro atoms. The van der Waals surface area contributed by atoms with E-state index >= 15 is 0 Å². The molecule has 5 nitrogen and oxygen atoms in total. The van der Waals surface area contributed by atoms with E-state index in [0.29, 0.717) is 35.7 Å². The Morgan fingerprint density at radius 2 is 1.79 bits per heavy atom. The third-order valence-electron chi connectivity index (χ3n) is 3.87. The fraction of sp³-hybridized carbons (Fsp3) is 0.333. The van der Waals surface area contributed by atoms with Crippen molar-refractivity contribution in [3.05, 3.63) is 59.7 Å². The lowest BCUT2D eigenvalue weighted by Crippen LogP contribution is -2.37. The second-order valence-corrected chi connectivity index (χ2v) is 7.47. The summed E-state index contributed by atoms with van der Waals surface area (Å²) in [5.41, 5.74) is 7.39. The van der Waals surface area contributed by atoms with Crippen molar-refractivity contribution >= 4 is 10.0 Å². The number of hydrogen-bond acceptors (Lipinski definition) is 4. The Morgan fingerprint density at radius 3 is 2.38 bits per heavy atom. The van der Waals surface area contributed by atoms with Crippen molar-refractivity contribution < 1.29 is 13.2 Å². The van der Waals surface area contributed by atoms with Crippen LogP contribution in [0.5, 0.6) is 5.75 Å². The zero-order valence-electron chi connectivity index (χ0n) is 14.1. The molecule has 0 aliphatic rings. The number of ether oxygens (including phenoxy) is 1. The Balaban J connectivity index is 2.24. The van der Waals surface area contributed by atoms with E-state index in [0.717, 1.165) is 5.56 Å². The van der Waals surface area contributed by atoms with Gasteiger partial charge in [-0.1, -0.05) is 30.3 Å². The fourth-order valence-corrected chi connectivity index (χ4v) is 4.23. The molecule has 0 atom stereocenters. The molecule has 24 heavy (non-hydrogen) atoms. The number of sulfonamides is 1. The third kappa shape index (κ3) is 4.35. The van der Waals surface area contributed by atoms with Gasteiger partial charge in [-0.2, -0.15) is 4.31 Å². The fourth-order valence-electron chi connectivity index (χ4n) is 2.57. The van der Waals surface area contributed by atoms with Crippen LogP contribution in [0.4, 0.5) is 0 Å². The van der Waals surface area contributed by atoms with Crippen LogP contribution in [-0.2, 0) is 16.4 Å². The van der Waals surface area contributed by atoms with Gasteiger partial charge in [-0.15, -0.1) is 0 Å². The van der Waals surface area contributed by atoms with E-state index < -0.39 is 10.0 Å². The zero-order valence-corrected chi connectivity index (χ0v) is 14.9. The summed E-state index contributed by atoms with van der Waals surface area (Å²) >= 11 is 0. The Hall–Kier alpha value is -1.89. The molecule has 0 aromatic heterocycles. The number of benzene rings is 2. The molecule has 6 heteroatoms. The summed E-state index contributed by atoms with van der Waals surface area (Å²) in [5, 5.41) is 0. The molecule has 0 radical (unpaired) electrons. The first-order chi connectivity index (χ1) is 11.5. The van der Waals surface area contributed by atoms with E-state index in [2.05, 4.69) is 0 Å². The largest absolute Gasteiger partial charge is 0.497 e. The average molecular weight is 348 g/mol. The number of nitrogens with two attached hydrogens (primary N) is 1. The maximum atomic E-state index is 13.0. The molecule has 0 saturated heterocycles. The molecule has 2 aromatic rings. The number of nitrogens with zero attached hydrogens (tertiary/aromatic N) is 1. The van der Waals surface area contributed by atoms with Crippen LogP contribution in [0.1, 0.15) is 11.1 Å². The maximum absolute atomic E-state index is 13.0. The molecule has 0 fully saturated rings. The predicted molar refractivity (Wildman–Crippen MR) is 95.7 cm³/mol. The van der Waals surface area contributed by atoms with Gasteiger partial charge in [0.05, 0.1) is 12.0 Å². The average Bonchev–Trinajstić information content (AvgIpc) is 2.58. The topological polar surface area (TPSA) is 72.6 Å². The minimum Gasteiger partial charge on any atom is -0.497 e. The van der Waals surface area contributed by atoms with Gasteiger partial charge in [-0.05, 0) is 42.7 Å². The standard InChI is InChI=1S/C18H24N2O3S/c1-15-14-17(23-2)8-9-18(15)24(21,22)20(13-11-19)12-10-16-6-4-3-5-7-16/h3-9,14H,10-13,19H2,1-2H3. The normalized spacial score (nSPS) is 11.7. The van der Waals surface area contributed by atoms with E-state index in [4.69, 9.17) is 10.5 Å². The molecule has 0 aliphatic heterocycles. The second kappa shape index (κ2) is 8.28. The summed E-state index contributed by atoms with van der Waals surface area (Å²) in [6.07, 6.45) is 0.648. The van der Waals surface area contributed by atoms with Crippen molar-refractivity contribution in [2.24, 2.45) is 5.73 Å². The van der Waals surface area contributed by atoms with Crippen LogP contribution in [0.15, 0.2) is 53.4 Å². The minimum absolute atomic E-state index is 0.281. The van der Waals surface area contributed by atoms with E-state index in [9.17, 15) is 8.42 Å². The summed E-state index contributed by atoms with van der Waals surface area (Å²) in [6.45, 7) is 2.74. The predicted octanol–water partition coefficient (Wildman–Crippen LogP) is 2.20. The second-order valence-electron chi connectivity index (χ2n) is 5.56. The Kier molecular flexibility index (Phi) is 6.36. The number of aryl methyl sites for hydroxylation is 1. The first kappa shape index (κ1) is 18.4. The summed E-state index contributed by atoms with van der Waals surface area (Å²) in [4.78, 5) is 0.296. The lowest BCUT2D eigenvalue weighted by atomic mass is 10.1. The highest BCUT2D eigenvalue weighted by Gasteiger charge is 2.25. The summed E-state index contributed by atoms with van der Waals surface area (Å²) in [5.74, 6) is 0.640. The van der Waals surface area contributed by atoms with Gasteiger partial charge in [-0.25, -0.2) is 8.42 Å². The molecule has 130 valence electrons. The first-order valence-corrected chi connectivity index (χ1v) is 9.32. The lowest BCUT2D eigenvalue weighted by Gasteiger charge is -2.23. The highest BCUT2D eigenvalue weighted by molar-refractivity contribution is 7.89. The van der Waals surface area contributed by atoms with Crippen LogP contribution in [-0.4, -0.2) is 39.5 Å². The van der Waals surface area contributed by atoms with Crippen molar-refractivity contribution in [3.8, 4) is 5.75 Å². The van der Waals surface area contributed by atoms with E-state index in [1.54, 1.807) is 32.2 Å². The molecule has 2 N–H and O–H groups in total. The summed E-state index contributed by atoms with van der Waals surface area (Å²) < 4.78 is 32.6. The lowest BCUT2D eigenvalue weighted by molar-refractivity contribution is 0.412. The van der Waals surface area contributed by atoms with E-state index in [1.807, 2.05) is 30.3 Å². The third-order valence-corrected chi connectivity index (χ3v) is 5.93. The maximum Gasteiger partial charge on any atom is 0.243 e. The Morgan fingerprint density at radius 1 is 1.08 bits per heavy atom. The van der Waals surface area contributed by atoms with Gasteiger partial charge in [0.15, 0.2) is 0 Å². The summed E-state index contributed by atoms with van der Waals surface area (Å²) in [7, 11) is -2.03. The van der Waals surface area contributed by atoms with Gasteiger partial charge in [0.25, 0.3) is 0 Å². The molecule has 0 saturated carbocycles. The van der Waals surface area contributed by atoms with Crippen LogP contribution in [0.3, 0.4) is 0 Å². The van der Waals surface area contributed by atoms with Crippen LogP contribution in [0.2, 0.25) is 0 Å². The monoisotopic (exact) mass is 348 g/mol. The van der Waals surface area contributed by atoms with Crippen LogP contribution < -0.4 is 10.5 Å². The van der Waals surface area contributed by atoms with Gasteiger partial charge in [-0.3, -0.25) is 0 Å². The van der Waals surface area contributed by atoms with Gasteiger partial charge >= 0.3 is 0 Å². The number of hydrogen-bond donors (Lipinski definition) is 1. The highest BCUT2D eigenvalue weighted by Crippen LogP contribution is 2.24. The van der Waals surface area contributed by atoms with Crippen molar-refractivity contribution in [2.75, 3.05) is 26.7 Å². The first-order valence-electron chi connectivity index (χ1n) is 7.88. The van der Waals surface area contributed by atoms with Crippen LogP contribution in [0, 0.1) is 6.92 Å². The molecule has 2 rings (SSSR count). The quantitative estimate of drug-likeness (QED) is 0.794. The molecular weight excluding hydrogens is 324 g/mol. The van der Waals surface area contributed by atoms with Crippen molar-refractivity contribution in [1.82, 2.24) is 4.31 Å². The number of rotatable bonds is 8. The van der Waals surface area contributed by atoms with Crippen LogP contribution in [0.25, 0.3) is 0 Å². The molecular formula is C18H24N2O3S. The van der Waals surface area contributed by atoms with Crippen molar-refractivity contribution in [2.45, 2.75) is 18.2 Å². The van der Waals surface area contributed by atoms with E-state index in [1.165, 1.54) is 4.31 Å². The van der Waals surface area contributed by atoms with Gasteiger partial charge in [0, 0.05) is 19.6 Å². The molecule has 0 heterocycles. The molecule has 2 aromatic carbocycles. The SMILES string of the molecule is COc1ccc(S(=O)(=O)N(CCN)CCc2ccccc2)c(C)c1. The summed E-state index contributed by atoms with van der Waals surface area (Å²) in [6, 6.07) is 14.8. The minimum atomic E-state index is -3.59. The van der Waals surface area contributed by atoms with Crippen LogP contribution >= 0.6 is 0 Å². The van der Waals surface area contributed by atoms with Gasteiger partial charge in [0.2, 0.25) is 10.0 Å². The van der Waals surface area contributed by atoms with Gasteiger partial charge in [0.1, 0.15) is 5.75 Å². The Labute approximate surface area is 144 Å². The number of methoxy groups -OCH3 is 1.